The van der Waals surface area contributed by atoms with Gasteiger partial charge in [0.25, 0.3) is 5.91 Å². The average molecular weight is 461 g/mol. The Kier molecular flexibility index (Phi) is 7.37. The average Bonchev–Trinajstić information content (AvgIpc) is 3.15. The van der Waals surface area contributed by atoms with Crippen LogP contribution in [0.15, 0.2) is 35.3 Å². The van der Waals surface area contributed by atoms with Crippen LogP contribution >= 0.6 is 11.3 Å². The van der Waals surface area contributed by atoms with Crippen LogP contribution in [0.4, 0.5) is 0 Å². The fourth-order valence-corrected chi connectivity index (χ4v) is 4.20. The summed E-state index contributed by atoms with van der Waals surface area (Å²) < 4.78 is 28.9. The van der Waals surface area contributed by atoms with Crippen LogP contribution in [0.25, 0.3) is 10.2 Å². The molecule has 0 saturated heterocycles. The van der Waals surface area contributed by atoms with Gasteiger partial charge in [0.2, 0.25) is 5.75 Å². The number of methoxy groups -OCH3 is 4. The molecule has 0 aliphatic carbocycles. The van der Waals surface area contributed by atoms with Crippen molar-refractivity contribution in [2.45, 2.75) is 13.5 Å². The molecule has 0 unspecified atom stereocenters. The van der Waals surface area contributed by atoms with Gasteiger partial charge in [-0.1, -0.05) is 17.4 Å². The second-order valence-electron chi connectivity index (χ2n) is 6.41. The standard InChI is InChI=1S/C22H24N2O7S/c1-6-31-14-8-7-9-17-19(14)24(12-18(25)29-4)22(32-17)23-21(26)13-10-15(27-2)20(30-5)16(11-13)28-3/h7-11H,6,12H2,1-5H3. The number of benzene rings is 2. The molecule has 0 N–H and O–H groups in total. The molecule has 0 aliphatic heterocycles. The Morgan fingerprint density at radius 3 is 2.25 bits per heavy atom. The van der Waals surface area contributed by atoms with Crippen molar-refractivity contribution in [2.24, 2.45) is 4.99 Å². The summed E-state index contributed by atoms with van der Waals surface area (Å²) in [4.78, 5) is 29.8. The molecule has 0 aliphatic rings. The van der Waals surface area contributed by atoms with E-state index in [2.05, 4.69) is 4.99 Å². The Hall–Kier alpha value is -3.53. The van der Waals surface area contributed by atoms with Crippen molar-refractivity contribution in [3.63, 3.8) is 0 Å². The van der Waals surface area contributed by atoms with Crippen LogP contribution < -0.4 is 23.7 Å². The van der Waals surface area contributed by atoms with E-state index in [1.807, 2.05) is 19.1 Å². The zero-order chi connectivity index (χ0) is 23.3. The van der Waals surface area contributed by atoms with Crippen LogP contribution in [0.2, 0.25) is 0 Å². The van der Waals surface area contributed by atoms with Gasteiger partial charge in [0.05, 0.1) is 39.7 Å². The number of para-hydroxylation sites is 1. The largest absolute Gasteiger partial charge is 0.493 e. The van der Waals surface area contributed by atoms with Crippen molar-refractivity contribution in [3.8, 4) is 23.0 Å². The summed E-state index contributed by atoms with van der Waals surface area (Å²) >= 11 is 1.27. The molecular formula is C22H24N2O7S. The number of fused-ring (bicyclic) bond motifs is 1. The van der Waals surface area contributed by atoms with Gasteiger partial charge in [-0.2, -0.15) is 4.99 Å². The molecule has 3 aromatic rings. The van der Waals surface area contributed by atoms with E-state index >= 15 is 0 Å². The minimum absolute atomic E-state index is 0.123. The first-order valence-corrected chi connectivity index (χ1v) is 10.5. The molecule has 1 aromatic heterocycles. The molecular weight excluding hydrogens is 436 g/mol. The summed E-state index contributed by atoms with van der Waals surface area (Å²) in [6, 6.07) is 8.57. The second-order valence-corrected chi connectivity index (χ2v) is 7.42. The van der Waals surface area contributed by atoms with Crippen molar-refractivity contribution in [2.75, 3.05) is 35.0 Å². The number of ether oxygens (including phenoxy) is 5. The molecule has 0 fully saturated rings. The Morgan fingerprint density at radius 1 is 1.00 bits per heavy atom. The molecule has 1 heterocycles. The number of hydrogen-bond acceptors (Lipinski definition) is 8. The van der Waals surface area contributed by atoms with Crippen LogP contribution in [0, 0.1) is 0 Å². The molecule has 1 amide bonds. The third-order valence-electron chi connectivity index (χ3n) is 4.59. The lowest BCUT2D eigenvalue weighted by Crippen LogP contribution is -2.22. The van der Waals surface area contributed by atoms with Gasteiger partial charge in [-0.3, -0.25) is 9.59 Å². The molecule has 170 valence electrons. The zero-order valence-electron chi connectivity index (χ0n) is 18.5. The Morgan fingerprint density at radius 2 is 1.69 bits per heavy atom. The highest BCUT2D eigenvalue weighted by Crippen LogP contribution is 2.38. The van der Waals surface area contributed by atoms with Crippen molar-refractivity contribution in [1.29, 1.82) is 0 Å². The normalized spacial score (nSPS) is 11.3. The number of rotatable bonds is 8. The third-order valence-corrected chi connectivity index (χ3v) is 5.63. The summed E-state index contributed by atoms with van der Waals surface area (Å²) in [5.74, 6) is 0.623. The van der Waals surface area contributed by atoms with Gasteiger partial charge in [0.15, 0.2) is 16.3 Å². The molecule has 2 aromatic carbocycles. The van der Waals surface area contributed by atoms with E-state index in [-0.39, 0.29) is 12.1 Å². The number of nitrogens with zero attached hydrogens (tertiary/aromatic N) is 2. The topological polar surface area (TPSA) is 97.6 Å². The molecule has 0 radical (unpaired) electrons. The fourth-order valence-electron chi connectivity index (χ4n) is 3.15. The molecule has 0 atom stereocenters. The zero-order valence-corrected chi connectivity index (χ0v) is 19.3. The summed E-state index contributed by atoms with van der Waals surface area (Å²) in [5.41, 5.74) is 0.910. The summed E-state index contributed by atoms with van der Waals surface area (Å²) in [6.45, 7) is 2.20. The first kappa shape index (κ1) is 23.1. The van der Waals surface area contributed by atoms with Crippen LogP contribution in [-0.2, 0) is 16.1 Å². The predicted molar refractivity (Wildman–Crippen MR) is 119 cm³/mol. The molecule has 0 spiro atoms. The quantitative estimate of drug-likeness (QED) is 0.477. The van der Waals surface area contributed by atoms with Crippen molar-refractivity contribution >= 4 is 33.4 Å². The van der Waals surface area contributed by atoms with E-state index in [0.717, 1.165) is 4.70 Å². The number of aromatic nitrogens is 1. The summed E-state index contributed by atoms with van der Waals surface area (Å²) in [6.07, 6.45) is 0. The molecule has 0 bridgehead atoms. The number of carbonyl (C=O) groups is 2. The van der Waals surface area contributed by atoms with E-state index in [1.54, 1.807) is 10.6 Å². The molecule has 3 rings (SSSR count). The summed E-state index contributed by atoms with van der Waals surface area (Å²) in [5, 5.41) is 0. The maximum absolute atomic E-state index is 13.1. The highest BCUT2D eigenvalue weighted by Gasteiger charge is 2.19. The first-order valence-electron chi connectivity index (χ1n) is 9.68. The van der Waals surface area contributed by atoms with Gasteiger partial charge < -0.3 is 28.3 Å². The van der Waals surface area contributed by atoms with Gasteiger partial charge in [-0.15, -0.1) is 0 Å². The number of esters is 1. The van der Waals surface area contributed by atoms with Crippen LogP contribution in [0.5, 0.6) is 23.0 Å². The van der Waals surface area contributed by atoms with Gasteiger partial charge in [-0.25, -0.2) is 0 Å². The Bertz CT molecular complexity index is 1190. The third kappa shape index (κ3) is 4.54. The maximum atomic E-state index is 13.1. The first-order chi connectivity index (χ1) is 15.5. The number of carbonyl (C=O) groups excluding carboxylic acids is 2. The summed E-state index contributed by atoms with van der Waals surface area (Å²) in [7, 11) is 5.72. The predicted octanol–water partition coefficient (Wildman–Crippen LogP) is 3.04. The van der Waals surface area contributed by atoms with E-state index in [9.17, 15) is 9.59 Å². The monoisotopic (exact) mass is 460 g/mol. The Balaban J connectivity index is 2.19. The molecule has 10 heteroatoms. The molecule has 32 heavy (non-hydrogen) atoms. The highest BCUT2D eigenvalue weighted by molar-refractivity contribution is 7.16. The molecule has 0 saturated carbocycles. The fraction of sp³-hybridized carbons (Fsp3) is 0.318. The van der Waals surface area contributed by atoms with Crippen LogP contribution in [-0.4, -0.2) is 51.5 Å². The maximum Gasteiger partial charge on any atom is 0.325 e. The van der Waals surface area contributed by atoms with E-state index < -0.39 is 11.9 Å². The minimum atomic E-state index is -0.535. The van der Waals surface area contributed by atoms with Crippen molar-refractivity contribution < 1.29 is 33.3 Å². The number of hydrogen-bond donors (Lipinski definition) is 0. The van der Waals surface area contributed by atoms with Crippen LogP contribution in [0.1, 0.15) is 17.3 Å². The van der Waals surface area contributed by atoms with Crippen molar-refractivity contribution in [1.82, 2.24) is 4.57 Å². The lowest BCUT2D eigenvalue weighted by molar-refractivity contribution is -0.141. The van der Waals surface area contributed by atoms with E-state index in [0.29, 0.717) is 39.9 Å². The minimum Gasteiger partial charge on any atom is -0.493 e. The lowest BCUT2D eigenvalue weighted by atomic mass is 10.1. The SMILES string of the molecule is CCOc1cccc2sc(=NC(=O)c3cc(OC)c(OC)c(OC)c3)n(CC(=O)OC)c12. The van der Waals surface area contributed by atoms with Gasteiger partial charge in [-0.05, 0) is 31.2 Å². The second kappa shape index (κ2) is 10.2. The smallest absolute Gasteiger partial charge is 0.325 e. The van der Waals surface area contributed by atoms with Gasteiger partial charge in [0, 0.05) is 5.56 Å². The Labute approximate surface area is 188 Å². The van der Waals surface area contributed by atoms with E-state index in [4.69, 9.17) is 23.7 Å². The molecule has 9 nitrogen and oxygen atoms in total. The number of thiazole rings is 1. The van der Waals surface area contributed by atoms with E-state index in [1.165, 1.54) is 51.9 Å². The van der Waals surface area contributed by atoms with Gasteiger partial charge in [0.1, 0.15) is 17.8 Å². The van der Waals surface area contributed by atoms with Crippen LogP contribution in [0.3, 0.4) is 0 Å². The van der Waals surface area contributed by atoms with Crippen molar-refractivity contribution in [3.05, 3.63) is 40.7 Å². The highest BCUT2D eigenvalue weighted by atomic mass is 32.1. The van der Waals surface area contributed by atoms with Gasteiger partial charge >= 0.3 is 5.97 Å². The lowest BCUT2D eigenvalue weighted by Gasteiger charge is -2.12. The number of amides is 1.